The number of carbonyl (C=O) groups excluding carboxylic acids is 3. The minimum atomic E-state index is -2.65. The Morgan fingerprint density at radius 3 is 2.31 bits per heavy atom. The second kappa shape index (κ2) is 12.4. The van der Waals surface area contributed by atoms with Crippen molar-refractivity contribution in [3.8, 4) is 5.75 Å². The lowest BCUT2D eigenvalue weighted by Gasteiger charge is -2.50. The molecule has 11 nitrogen and oxygen atoms in total. The molecule has 0 saturated heterocycles. The third-order valence-corrected chi connectivity index (χ3v) is 10.6. The van der Waals surface area contributed by atoms with Gasteiger partial charge in [-0.15, -0.1) is 0 Å². The van der Waals surface area contributed by atoms with E-state index in [1.165, 1.54) is 32.1 Å². The van der Waals surface area contributed by atoms with E-state index in [4.69, 9.17) is 5.73 Å². The van der Waals surface area contributed by atoms with Crippen molar-refractivity contribution in [1.82, 2.24) is 9.80 Å². The number of likely N-dealkylation sites (N-methyl/N-ethyl adjacent to an activating group) is 1. The van der Waals surface area contributed by atoms with Gasteiger partial charge in [-0.25, -0.2) is 0 Å². The lowest BCUT2D eigenvalue weighted by Crippen LogP contribution is -2.63. The van der Waals surface area contributed by atoms with E-state index < -0.39 is 58.0 Å². The van der Waals surface area contributed by atoms with Gasteiger partial charge in [0.15, 0.2) is 11.4 Å². The molecule has 0 unspecified atom stereocenters. The topological polar surface area (TPSA) is 168 Å². The molecule has 0 spiro atoms. The first-order chi connectivity index (χ1) is 21.2. The lowest BCUT2D eigenvalue weighted by molar-refractivity contribution is -0.148. The molecule has 4 aliphatic rings. The fourth-order valence-corrected chi connectivity index (χ4v) is 8.48. The Kier molecular flexibility index (Phi) is 9.09. The molecule has 0 aliphatic heterocycles. The quantitative estimate of drug-likeness (QED) is 0.258. The van der Waals surface area contributed by atoms with Gasteiger partial charge in [0.05, 0.1) is 11.6 Å². The van der Waals surface area contributed by atoms with E-state index in [0.29, 0.717) is 12.1 Å². The smallest absolute Gasteiger partial charge is 0.255 e. The van der Waals surface area contributed by atoms with Crippen LogP contribution in [0.5, 0.6) is 5.75 Å². The summed E-state index contributed by atoms with van der Waals surface area (Å²) in [7, 11) is 7.04. The zero-order valence-corrected chi connectivity index (χ0v) is 27.1. The van der Waals surface area contributed by atoms with E-state index in [0.717, 1.165) is 36.7 Å². The van der Waals surface area contributed by atoms with Crippen LogP contribution < -0.4 is 10.6 Å². The second-order valence-corrected chi connectivity index (χ2v) is 13.8. The van der Waals surface area contributed by atoms with Crippen LogP contribution in [0.3, 0.4) is 0 Å². The number of rotatable bonds is 9. The molecule has 1 fully saturated rings. The summed E-state index contributed by atoms with van der Waals surface area (Å²) >= 11 is 0. The Morgan fingerprint density at radius 2 is 1.73 bits per heavy atom. The Bertz CT molecular complexity index is 1460. The number of anilines is 1. The molecule has 1 aromatic rings. The molecule has 1 amide bonds. The van der Waals surface area contributed by atoms with Crippen LogP contribution in [-0.4, -0.2) is 101 Å². The summed E-state index contributed by atoms with van der Waals surface area (Å²) in [5.74, 6) is -5.72. The van der Waals surface area contributed by atoms with Gasteiger partial charge in [0.1, 0.15) is 22.8 Å². The van der Waals surface area contributed by atoms with Crippen LogP contribution in [-0.2, 0) is 22.6 Å². The summed E-state index contributed by atoms with van der Waals surface area (Å²) in [5.41, 5.74) is 4.23. The fraction of sp³-hybridized carbons (Fsp3) is 0.618. The molecular weight excluding hydrogens is 576 g/mol. The molecule has 45 heavy (non-hydrogen) atoms. The number of hydrogen-bond acceptors (Lipinski definition) is 10. The van der Waals surface area contributed by atoms with Gasteiger partial charge in [-0.05, 0) is 75.5 Å². The Morgan fingerprint density at radius 1 is 1.07 bits per heavy atom. The van der Waals surface area contributed by atoms with Crippen molar-refractivity contribution in [3.63, 3.8) is 0 Å². The highest BCUT2D eigenvalue weighted by Gasteiger charge is 2.63. The number of primary amides is 1. The van der Waals surface area contributed by atoms with Crippen LogP contribution in [0.2, 0.25) is 0 Å². The van der Waals surface area contributed by atoms with Crippen LogP contribution in [0.25, 0.3) is 0 Å². The highest BCUT2D eigenvalue weighted by Crippen LogP contribution is 2.53. The lowest BCUT2D eigenvalue weighted by atomic mass is 9.58. The van der Waals surface area contributed by atoms with E-state index in [9.17, 15) is 34.8 Å². The number of allylic oxidation sites excluding steroid dienone is 1. The van der Waals surface area contributed by atoms with Crippen molar-refractivity contribution in [3.05, 3.63) is 45.4 Å². The molecule has 4 aliphatic carbocycles. The second-order valence-electron chi connectivity index (χ2n) is 13.8. The number of phenolic OH excluding ortho intramolecular Hbond substituents is 1. The number of nitrogens with zero attached hydrogens (tertiary/aromatic N) is 3. The van der Waals surface area contributed by atoms with Crippen LogP contribution >= 0.6 is 0 Å². The maximum absolute atomic E-state index is 14.2. The van der Waals surface area contributed by atoms with E-state index in [2.05, 4.69) is 11.8 Å². The zero-order chi connectivity index (χ0) is 33.0. The number of aromatic hydroxyl groups is 1. The number of fused-ring (bicyclic) bond motifs is 3. The van der Waals surface area contributed by atoms with Gasteiger partial charge >= 0.3 is 0 Å². The molecular formula is C34H48N4O7. The van der Waals surface area contributed by atoms with E-state index in [1.807, 2.05) is 19.0 Å². The van der Waals surface area contributed by atoms with Gasteiger partial charge < -0.3 is 31.1 Å². The van der Waals surface area contributed by atoms with Gasteiger partial charge in [-0.1, -0.05) is 39.0 Å². The average molecular weight is 625 g/mol. The van der Waals surface area contributed by atoms with Crippen LogP contribution in [0.1, 0.15) is 73.4 Å². The molecule has 0 radical (unpaired) electrons. The van der Waals surface area contributed by atoms with E-state index in [-0.39, 0.29) is 29.7 Å². The van der Waals surface area contributed by atoms with E-state index in [1.54, 1.807) is 25.1 Å². The largest absolute Gasteiger partial charge is 0.510 e. The summed E-state index contributed by atoms with van der Waals surface area (Å²) in [6.45, 7) is 4.50. The third kappa shape index (κ3) is 5.42. The monoisotopic (exact) mass is 624 g/mol. The number of phenols is 1. The SMILES string of the molecule is CCN(CCC1CCCCC1)Cc1cc(O)c2c(c1N(C)C)C[C@H]1C[C@H]3[C@H](N(C)C)C(O)=C(C(N)=O)C(=O)[C@@]3(O)C(O)=C1C2=O. The number of aliphatic hydroxyl groups is 3. The maximum atomic E-state index is 14.2. The molecule has 0 heterocycles. The van der Waals surface area contributed by atoms with E-state index >= 15 is 0 Å². The Hall–Kier alpha value is -3.41. The maximum Gasteiger partial charge on any atom is 0.255 e. The summed E-state index contributed by atoms with van der Waals surface area (Å²) in [6.07, 6.45) is 7.92. The van der Waals surface area contributed by atoms with Crippen LogP contribution in [0, 0.1) is 17.8 Å². The summed E-state index contributed by atoms with van der Waals surface area (Å²) in [5, 5.41) is 45.7. The van der Waals surface area contributed by atoms with Crippen LogP contribution in [0.4, 0.5) is 5.69 Å². The summed E-state index contributed by atoms with van der Waals surface area (Å²) in [4.78, 5) is 45.8. The highest BCUT2D eigenvalue weighted by molar-refractivity contribution is 6.24. The number of hydrogen-bond donors (Lipinski definition) is 5. The zero-order valence-electron chi connectivity index (χ0n) is 27.1. The molecule has 4 atom stereocenters. The normalized spacial score (nSPS) is 27.2. The standard InChI is InChI=1S/C34H48N4O7/c1-6-38(13-12-18-10-8-7-9-11-18)17-20-16-23(39)25-21(27(20)36(2)3)14-19-15-22-28(37(4)5)30(41)26(33(35)44)32(43)34(22,45)31(42)24(19)29(25)40/h16,18-19,22,28,39,41-42,45H,6-15,17H2,1-5H3,(H2,35,44)/t19-,22-,28-,34-/m0/s1. The summed E-state index contributed by atoms with van der Waals surface area (Å²) in [6, 6.07) is 0.596. The molecule has 0 aromatic heterocycles. The van der Waals surface area contributed by atoms with Gasteiger partial charge in [-0.3, -0.25) is 24.2 Å². The minimum Gasteiger partial charge on any atom is -0.510 e. The first kappa shape index (κ1) is 33.0. The van der Waals surface area contributed by atoms with Crippen molar-refractivity contribution in [2.45, 2.75) is 76.5 Å². The number of amides is 1. The molecule has 5 rings (SSSR count). The van der Waals surface area contributed by atoms with Gasteiger partial charge in [-0.2, -0.15) is 0 Å². The highest BCUT2D eigenvalue weighted by atomic mass is 16.3. The fourth-order valence-electron chi connectivity index (χ4n) is 8.48. The molecule has 1 aromatic carbocycles. The van der Waals surface area contributed by atoms with Crippen molar-refractivity contribution in [2.75, 3.05) is 46.2 Å². The molecule has 0 bridgehead atoms. The summed E-state index contributed by atoms with van der Waals surface area (Å²) < 4.78 is 0. The third-order valence-electron chi connectivity index (χ3n) is 10.6. The van der Waals surface area contributed by atoms with Crippen molar-refractivity contribution in [2.24, 2.45) is 23.5 Å². The number of aliphatic hydroxyl groups excluding tert-OH is 2. The minimum absolute atomic E-state index is 0.0356. The van der Waals surface area contributed by atoms with Crippen molar-refractivity contribution < 1.29 is 34.8 Å². The number of nitrogens with two attached hydrogens (primary N) is 1. The number of ketones is 2. The van der Waals surface area contributed by atoms with Crippen LogP contribution in [0.15, 0.2) is 28.7 Å². The molecule has 11 heteroatoms. The number of benzene rings is 1. The van der Waals surface area contributed by atoms with Gasteiger partial charge in [0, 0.05) is 37.8 Å². The van der Waals surface area contributed by atoms with Crippen molar-refractivity contribution in [1.29, 1.82) is 0 Å². The Balaban J connectivity index is 1.56. The predicted octanol–water partition coefficient (Wildman–Crippen LogP) is 2.98. The average Bonchev–Trinajstić information content (AvgIpc) is 2.97. The van der Waals surface area contributed by atoms with Gasteiger partial charge in [0.25, 0.3) is 5.91 Å². The number of Topliss-reactive ketones (excluding diaryl/α,β-unsaturated/α-hetero) is 2. The van der Waals surface area contributed by atoms with Crippen molar-refractivity contribution >= 4 is 23.2 Å². The first-order valence-corrected chi connectivity index (χ1v) is 16.2. The molecule has 1 saturated carbocycles. The Labute approximate surface area is 265 Å². The predicted molar refractivity (Wildman–Crippen MR) is 170 cm³/mol. The molecule has 246 valence electrons. The molecule has 6 N–H and O–H groups in total. The van der Waals surface area contributed by atoms with Gasteiger partial charge in [0.2, 0.25) is 5.78 Å². The first-order valence-electron chi connectivity index (χ1n) is 16.2. The number of carbonyl (C=O) groups is 3.